The van der Waals surface area contributed by atoms with Crippen molar-refractivity contribution in [2.24, 2.45) is 0 Å². The molecule has 1 heterocycles. The van der Waals surface area contributed by atoms with E-state index >= 15 is 0 Å². The van der Waals surface area contributed by atoms with E-state index in [9.17, 15) is 0 Å². The van der Waals surface area contributed by atoms with Crippen LogP contribution in [0.5, 0.6) is 0 Å². The normalized spacial score (nSPS) is 24.7. The SMILES string of the molecule is C=C(C)/C1=C/N/C=C/C=C(CCCCC)\C=C(/CC)C1=C. The molecule has 1 heteroatoms. The maximum Gasteiger partial charge on any atom is 0.00859 e. The highest BCUT2D eigenvalue weighted by atomic mass is 14.8. The molecule has 0 aliphatic carbocycles. The van der Waals surface area contributed by atoms with Gasteiger partial charge in [-0.15, -0.1) is 0 Å². The van der Waals surface area contributed by atoms with E-state index < -0.39 is 0 Å². The van der Waals surface area contributed by atoms with Gasteiger partial charge in [0.1, 0.15) is 0 Å². The van der Waals surface area contributed by atoms with Gasteiger partial charge < -0.3 is 5.32 Å². The maximum atomic E-state index is 4.29. The van der Waals surface area contributed by atoms with Crippen molar-refractivity contribution in [1.82, 2.24) is 5.32 Å². The Morgan fingerprint density at radius 1 is 1.24 bits per heavy atom. The van der Waals surface area contributed by atoms with Crippen LogP contribution in [0.15, 0.2) is 71.7 Å². The van der Waals surface area contributed by atoms with Crippen molar-refractivity contribution >= 4 is 0 Å². The summed E-state index contributed by atoms with van der Waals surface area (Å²) in [6.45, 7) is 14.8. The van der Waals surface area contributed by atoms with Crippen molar-refractivity contribution < 1.29 is 0 Å². The van der Waals surface area contributed by atoms with Gasteiger partial charge in [-0.05, 0) is 60.1 Å². The Morgan fingerprint density at radius 3 is 2.62 bits per heavy atom. The van der Waals surface area contributed by atoms with Gasteiger partial charge in [-0.2, -0.15) is 0 Å². The smallest absolute Gasteiger partial charge is 0.00859 e. The lowest BCUT2D eigenvalue weighted by atomic mass is 9.91. The van der Waals surface area contributed by atoms with Crippen molar-refractivity contribution in [3.63, 3.8) is 0 Å². The van der Waals surface area contributed by atoms with Crippen LogP contribution in [-0.2, 0) is 0 Å². The van der Waals surface area contributed by atoms with E-state index in [4.69, 9.17) is 0 Å². The number of hydrogen-bond acceptors (Lipinski definition) is 1. The van der Waals surface area contributed by atoms with Crippen LogP contribution in [0, 0.1) is 0 Å². The van der Waals surface area contributed by atoms with Crippen molar-refractivity contribution in [3.8, 4) is 0 Å². The molecule has 0 saturated carbocycles. The average molecular weight is 283 g/mol. The summed E-state index contributed by atoms with van der Waals surface area (Å²) < 4.78 is 0. The zero-order chi connectivity index (χ0) is 15.7. The van der Waals surface area contributed by atoms with Gasteiger partial charge in [-0.25, -0.2) is 0 Å². The van der Waals surface area contributed by atoms with E-state index in [1.54, 1.807) is 0 Å². The van der Waals surface area contributed by atoms with Crippen LogP contribution >= 0.6 is 0 Å². The van der Waals surface area contributed by atoms with Gasteiger partial charge in [0.2, 0.25) is 0 Å². The summed E-state index contributed by atoms with van der Waals surface area (Å²) >= 11 is 0. The molecule has 0 aromatic carbocycles. The molecular weight excluding hydrogens is 254 g/mol. The van der Waals surface area contributed by atoms with Crippen molar-refractivity contribution in [1.29, 1.82) is 0 Å². The quantitative estimate of drug-likeness (QED) is 0.593. The standard InChI is InChI=1S/C20H29N/c1-6-8-9-11-18-12-10-13-21-15-20(16(3)4)17(5)19(7-2)14-18/h10,12-15,21H,3,5-9,11H2,1-2,4H3/b13-10+,18-12-,19-14+,20-15-. The fourth-order valence-electron chi connectivity index (χ4n) is 2.41. The predicted octanol–water partition coefficient (Wildman–Crippen LogP) is 5.96. The molecule has 0 spiro atoms. The summed E-state index contributed by atoms with van der Waals surface area (Å²) in [5.41, 5.74) is 5.89. The van der Waals surface area contributed by atoms with Crippen LogP contribution < -0.4 is 5.32 Å². The number of rotatable bonds is 6. The molecule has 0 fully saturated rings. The minimum Gasteiger partial charge on any atom is -0.367 e. The molecule has 1 nitrogen and oxygen atoms in total. The number of unbranched alkanes of at least 4 members (excludes halogenated alkanes) is 2. The second-order valence-corrected chi connectivity index (χ2v) is 5.56. The van der Waals surface area contributed by atoms with Gasteiger partial charge in [0.25, 0.3) is 0 Å². The largest absolute Gasteiger partial charge is 0.367 e. The fourth-order valence-corrected chi connectivity index (χ4v) is 2.41. The summed E-state index contributed by atoms with van der Waals surface area (Å²) in [5.74, 6) is 0. The second kappa shape index (κ2) is 9.23. The third-order valence-corrected chi connectivity index (χ3v) is 3.71. The minimum atomic E-state index is 0.984. The zero-order valence-corrected chi connectivity index (χ0v) is 13.8. The Morgan fingerprint density at radius 2 is 2.00 bits per heavy atom. The average Bonchev–Trinajstić information content (AvgIpc) is 2.46. The Balaban J connectivity index is 3.07. The van der Waals surface area contributed by atoms with E-state index in [2.05, 4.69) is 50.6 Å². The van der Waals surface area contributed by atoms with Gasteiger partial charge in [-0.3, -0.25) is 0 Å². The molecule has 1 rings (SSSR count). The molecule has 114 valence electrons. The van der Waals surface area contributed by atoms with Gasteiger partial charge >= 0.3 is 0 Å². The molecule has 0 aromatic heterocycles. The summed E-state index contributed by atoms with van der Waals surface area (Å²) in [5, 5.41) is 3.21. The fraction of sp³-hybridized carbons (Fsp3) is 0.400. The Hall–Kier alpha value is -1.76. The van der Waals surface area contributed by atoms with Crippen LogP contribution in [0.25, 0.3) is 0 Å². The number of nitrogens with one attached hydrogen (secondary N) is 1. The summed E-state index contributed by atoms with van der Waals surface area (Å²) in [6, 6.07) is 0. The highest BCUT2D eigenvalue weighted by Crippen LogP contribution is 2.27. The third-order valence-electron chi connectivity index (χ3n) is 3.71. The molecule has 0 atom stereocenters. The molecule has 0 unspecified atom stereocenters. The first-order valence-electron chi connectivity index (χ1n) is 7.98. The van der Waals surface area contributed by atoms with Crippen LogP contribution in [0.3, 0.4) is 0 Å². The van der Waals surface area contributed by atoms with Crippen molar-refractivity contribution in [2.45, 2.75) is 52.9 Å². The van der Waals surface area contributed by atoms with Crippen LogP contribution in [0.1, 0.15) is 52.9 Å². The van der Waals surface area contributed by atoms with E-state index in [1.165, 1.54) is 30.4 Å². The summed E-state index contributed by atoms with van der Waals surface area (Å²) in [7, 11) is 0. The van der Waals surface area contributed by atoms with Crippen molar-refractivity contribution in [2.75, 3.05) is 0 Å². The molecule has 21 heavy (non-hydrogen) atoms. The summed E-state index contributed by atoms with van der Waals surface area (Å²) in [6.07, 6.45) is 16.4. The van der Waals surface area contributed by atoms with E-state index in [1.807, 2.05) is 19.3 Å². The van der Waals surface area contributed by atoms with Crippen LogP contribution in [-0.4, -0.2) is 0 Å². The van der Waals surface area contributed by atoms with Gasteiger partial charge in [-0.1, -0.05) is 52.0 Å². The molecular formula is C20H29N. The zero-order valence-electron chi connectivity index (χ0n) is 13.8. The Kier molecular flexibility index (Phi) is 7.60. The molecule has 1 N–H and O–H groups in total. The lowest BCUT2D eigenvalue weighted by Gasteiger charge is -2.15. The predicted molar refractivity (Wildman–Crippen MR) is 94.9 cm³/mol. The first kappa shape index (κ1) is 17.3. The molecule has 0 bridgehead atoms. The first-order valence-corrected chi connectivity index (χ1v) is 7.98. The monoisotopic (exact) mass is 283 g/mol. The van der Waals surface area contributed by atoms with Gasteiger partial charge in [0.05, 0.1) is 0 Å². The lowest BCUT2D eigenvalue weighted by molar-refractivity contribution is 0.718. The number of hydrogen-bond donors (Lipinski definition) is 1. The van der Waals surface area contributed by atoms with Gasteiger partial charge in [0.15, 0.2) is 0 Å². The highest BCUT2D eigenvalue weighted by Gasteiger charge is 2.09. The minimum absolute atomic E-state index is 0.984. The van der Waals surface area contributed by atoms with Gasteiger partial charge in [0, 0.05) is 12.4 Å². The maximum absolute atomic E-state index is 4.29. The van der Waals surface area contributed by atoms with Crippen molar-refractivity contribution in [3.05, 3.63) is 71.7 Å². The molecule has 0 aromatic rings. The van der Waals surface area contributed by atoms with E-state index in [-0.39, 0.29) is 0 Å². The third kappa shape index (κ3) is 5.63. The first-order chi connectivity index (χ1) is 10.1. The molecule has 0 amide bonds. The highest BCUT2D eigenvalue weighted by molar-refractivity contribution is 5.54. The lowest BCUT2D eigenvalue weighted by Crippen LogP contribution is -2.02. The number of allylic oxidation sites excluding steroid dienone is 8. The Bertz CT molecular complexity index is 498. The van der Waals surface area contributed by atoms with E-state index in [0.717, 1.165) is 29.6 Å². The molecule has 0 radical (unpaired) electrons. The molecule has 0 saturated heterocycles. The van der Waals surface area contributed by atoms with Crippen LogP contribution in [0.4, 0.5) is 0 Å². The molecule has 1 aliphatic heterocycles. The van der Waals surface area contributed by atoms with E-state index in [0.29, 0.717) is 0 Å². The second-order valence-electron chi connectivity index (χ2n) is 5.56. The topological polar surface area (TPSA) is 12.0 Å². The summed E-state index contributed by atoms with van der Waals surface area (Å²) in [4.78, 5) is 0. The Labute approximate surface area is 130 Å². The van der Waals surface area contributed by atoms with Crippen LogP contribution in [0.2, 0.25) is 0 Å². The molecule has 1 aliphatic rings.